The number of nitrogen functional groups attached to an aromatic ring is 1. The molecule has 2 heterocycles. The first kappa shape index (κ1) is 17.3. The Kier molecular flexibility index (Phi) is 4.51. The third kappa shape index (κ3) is 3.43. The van der Waals surface area contributed by atoms with E-state index >= 15 is 0 Å². The maximum absolute atomic E-state index is 12.2. The number of amides is 2. The van der Waals surface area contributed by atoms with Crippen LogP contribution in [0.15, 0.2) is 66.9 Å². The summed E-state index contributed by atoms with van der Waals surface area (Å²) in [5.41, 5.74) is 9.85. The highest BCUT2D eigenvalue weighted by atomic mass is 16.5. The van der Waals surface area contributed by atoms with Crippen LogP contribution in [-0.4, -0.2) is 28.0 Å². The Bertz CT molecular complexity index is 1140. The Morgan fingerprint density at radius 3 is 2.61 bits per heavy atom. The third-order valence-corrected chi connectivity index (χ3v) is 4.25. The second kappa shape index (κ2) is 7.28. The van der Waals surface area contributed by atoms with Gasteiger partial charge in [-0.05, 0) is 35.9 Å². The maximum atomic E-state index is 12.2. The van der Waals surface area contributed by atoms with Crippen LogP contribution in [0.5, 0.6) is 5.75 Å². The molecule has 4 N–H and O–H groups in total. The molecule has 0 bridgehead atoms. The minimum Gasteiger partial charge on any atom is -0.497 e. The molecule has 2 amide bonds. The molecule has 28 heavy (non-hydrogen) atoms. The molecule has 0 atom stereocenters. The summed E-state index contributed by atoms with van der Waals surface area (Å²) in [5, 5.41) is 13.5. The Balaban J connectivity index is 1.50. The lowest BCUT2D eigenvalue weighted by Gasteiger charge is -2.10. The number of nitrogens with zero attached hydrogens (tertiary/aromatic N) is 3. The third-order valence-electron chi connectivity index (χ3n) is 4.25. The van der Waals surface area contributed by atoms with Crippen molar-refractivity contribution in [2.24, 2.45) is 0 Å². The van der Waals surface area contributed by atoms with Gasteiger partial charge in [0, 0.05) is 29.2 Å². The number of nitrogens with one attached hydrogen (secondary N) is 2. The normalized spacial score (nSPS) is 10.6. The first-order valence-electron chi connectivity index (χ1n) is 8.56. The van der Waals surface area contributed by atoms with Gasteiger partial charge in [-0.15, -0.1) is 5.10 Å². The van der Waals surface area contributed by atoms with Crippen molar-refractivity contribution >= 4 is 28.7 Å². The van der Waals surface area contributed by atoms with Gasteiger partial charge in [-0.3, -0.25) is 0 Å². The molecule has 4 aromatic rings. The van der Waals surface area contributed by atoms with Gasteiger partial charge in [0.1, 0.15) is 11.3 Å². The standard InChI is InChI=1S/C20H18N6O2/c1-28-16-5-2-4-15(12-16)23-20(27)22-14-9-7-13(8-10-14)17-6-3-11-26-18(17)19(21)24-25-26/h2-12H,21H2,1H3,(H2,22,23,27). The molecule has 0 spiro atoms. The predicted octanol–water partition coefficient (Wildman–Crippen LogP) is 3.63. The molecule has 4 rings (SSSR count). The molecule has 0 saturated carbocycles. The number of carbonyl (C=O) groups is 1. The SMILES string of the molecule is COc1cccc(NC(=O)Nc2ccc(-c3cccn4nnc(N)c34)cc2)c1. The van der Waals surface area contributed by atoms with E-state index in [9.17, 15) is 4.79 Å². The quantitative estimate of drug-likeness (QED) is 0.506. The van der Waals surface area contributed by atoms with E-state index in [0.717, 1.165) is 16.6 Å². The molecule has 140 valence electrons. The number of hydrogen-bond acceptors (Lipinski definition) is 5. The Labute approximate surface area is 160 Å². The average molecular weight is 374 g/mol. The average Bonchev–Trinajstić information content (AvgIpc) is 3.10. The van der Waals surface area contributed by atoms with Crippen molar-refractivity contribution in [3.05, 3.63) is 66.9 Å². The second-order valence-electron chi connectivity index (χ2n) is 6.08. The van der Waals surface area contributed by atoms with E-state index in [4.69, 9.17) is 10.5 Å². The molecule has 8 nitrogen and oxygen atoms in total. The molecule has 0 fully saturated rings. The van der Waals surface area contributed by atoms with Crippen LogP contribution in [0.25, 0.3) is 16.6 Å². The minimum atomic E-state index is -0.340. The van der Waals surface area contributed by atoms with Crippen molar-refractivity contribution in [3.63, 3.8) is 0 Å². The zero-order valence-corrected chi connectivity index (χ0v) is 15.1. The number of benzene rings is 2. The number of fused-ring (bicyclic) bond motifs is 1. The molecule has 0 saturated heterocycles. The van der Waals surface area contributed by atoms with Gasteiger partial charge in [0.25, 0.3) is 0 Å². The van der Waals surface area contributed by atoms with Crippen LogP contribution in [0.3, 0.4) is 0 Å². The van der Waals surface area contributed by atoms with Crippen LogP contribution < -0.4 is 21.1 Å². The van der Waals surface area contributed by atoms with Crippen molar-refractivity contribution in [2.45, 2.75) is 0 Å². The van der Waals surface area contributed by atoms with Crippen molar-refractivity contribution in [1.82, 2.24) is 14.8 Å². The fourth-order valence-electron chi connectivity index (χ4n) is 2.93. The molecule has 2 aromatic heterocycles. The summed E-state index contributed by atoms with van der Waals surface area (Å²) in [6.45, 7) is 0. The van der Waals surface area contributed by atoms with E-state index in [2.05, 4.69) is 20.9 Å². The maximum Gasteiger partial charge on any atom is 0.323 e. The Morgan fingerprint density at radius 2 is 1.82 bits per heavy atom. The molecule has 8 heteroatoms. The van der Waals surface area contributed by atoms with Gasteiger partial charge in [-0.1, -0.05) is 29.5 Å². The zero-order valence-electron chi connectivity index (χ0n) is 15.1. The zero-order chi connectivity index (χ0) is 19.5. The first-order chi connectivity index (χ1) is 13.6. The van der Waals surface area contributed by atoms with Crippen LogP contribution in [0.2, 0.25) is 0 Å². The van der Waals surface area contributed by atoms with Crippen molar-refractivity contribution in [2.75, 3.05) is 23.5 Å². The second-order valence-corrected chi connectivity index (χ2v) is 6.08. The van der Waals surface area contributed by atoms with Crippen LogP contribution >= 0.6 is 0 Å². The number of rotatable bonds is 4. The van der Waals surface area contributed by atoms with E-state index in [1.807, 2.05) is 42.5 Å². The van der Waals surface area contributed by atoms with Gasteiger partial charge in [0.2, 0.25) is 0 Å². The van der Waals surface area contributed by atoms with Gasteiger partial charge >= 0.3 is 6.03 Å². The van der Waals surface area contributed by atoms with Gasteiger partial charge in [-0.25, -0.2) is 9.31 Å². The molecular weight excluding hydrogens is 356 g/mol. The lowest BCUT2D eigenvalue weighted by atomic mass is 10.1. The number of pyridine rings is 1. The number of aromatic nitrogens is 3. The van der Waals surface area contributed by atoms with Gasteiger partial charge in [0.15, 0.2) is 5.82 Å². The minimum absolute atomic E-state index is 0.340. The van der Waals surface area contributed by atoms with Gasteiger partial charge < -0.3 is 21.1 Å². The highest BCUT2D eigenvalue weighted by Gasteiger charge is 2.10. The summed E-state index contributed by atoms with van der Waals surface area (Å²) in [4.78, 5) is 12.2. The van der Waals surface area contributed by atoms with Crippen LogP contribution in [0.4, 0.5) is 22.0 Å². The molecule has 0 aliphatic heterocycles. The summed E-state index contributed by atoms with van der Waals surface area (Å²) in [7, 11) is 1.58. The Hall–Kier alpha value is -4.07. The van der Waals surface area contributed by atoms with Crippen LogP contribution in [0.1, 0.15) is 0 Å². The van der Waals surface area contributed by atoms with Crippen molar-refractivity contribution in [1.29, 1.82) is 0 Å². The van der Waals surface area contributed by atoms with E-state index in [0.29, 0.717) is 22.9 Å². The number of urea groups is 1. The smallest absolute Gasteiger partial charge is 0.323 e. The van der Waals surface area contributed by atoms with E-state index in [1.54, 1.807) is 36.0 Å². The molecule has 0 aliphatic carbocycles. The van der Waals surface area contributed by atoms with Gasteiger partial charge in [0.05, 0.1) is 7.11 Å². The van der Waals surface area contributed by atoms with Crippen LogP contribution in [0, 0.1) is 0 Å². The van der Waals surface area contributed by atoms with Gasteiger partial charge in [-0.2, -0.15) is 0 Å². The van der Waals surface area contributed by atoms with E-state index in [-0.39, 0.29) is 6.03 Å². The van der Waals surface area contributed by atoms with E-state index in [1.165, 1.54) is 0 Å². The van der Waals surface area contributed by atoms with E-state index < -0.39 is 0 Å². The number of carbonyl (C=O) groups excluding carboxylic acids is 1. The highest BCUT2D eigenvalue weighted by Crippen LogP contribution is 2.28. The lowest BCUT2D eigenvalue weighted by molar-refractivity contribution is 0.262. The molecule has 0 unspecified atom stereocenters. The number of nitrogens with two attached hydrogens (primary N) is 1. The molecule has 0 aliphatic rings. The monoisotopic (exact) mass is 374 g/mol. The Morgan fingerprint density at radius 1 is 1.04 bits per heavy atom. The number of ether oxygens (including phenoxy) is 1. The van der Waals surface area contributed by atoms with Crippen LogP contribution in [-0.2, 0) is 0 Å². The summed E-state index contributed by atoms with van der Waals surface area (Å²) >= 11 is 0. The first-order valence-corrected chi connectivity index (χ1v) is 8.56. The molecular formula is C20H18N6O2. The van der Waals surface area contributed by atoms with Crippen molar-refractivity contribution in [3.8, 4) is 16.9 Å². The fourth-order valence-corrected chi connectivity index (χ4v) is 2.93. The summed E-state index contributed by atoms with van der Waals surface area (Å²) < 4.78 is 6.79. The molecule has 2 aromatic carbocycles. The number of methoxy groups -OCH3 is 1. The fraction of sp³-hybridized carbons (Fsp3) is 0.0500. The summed E-state index contributed by atoms with van der Waals surface area (Å²) in [6, 6.07) is 18.1. The highest BCUT2D eigenvalue weighted by molar-refractivity contribution is 6.00. The largest absolute Gasteiger partial charge is 0.497 e. The number of anilines is 3. The molecule has 0 radical (unpaired) electrons. The van der Waals surface area contributed by atoms with Crippen molar-refractivity contribution < 1.29 is 9.53 Å². The lowest BCUT2D eigenvalue weighted by Crippen LogP contribution is -2.19. The topological polar surface area (TPSA) is 107 Å². The summed E-state index contributed by atoms with van der Waals surface area (Å²) in [6.07, 6.45) is 1.79. The summed E-state index contributed by atoms with van der Waals surface area (Å²) in [5.74, 6) is 1.04. The predicted molar refractivity (Wildman–Crippen MR) is 108 cm³/mol. The number of hydrogen-bond donors (Lipinski definition) is 3.